The SMILES string of the molecule is COc1ccc(O[C@@H]2O[C@@H](COC(C)=O)[C@H](OC(C)=O)[C@@H](OC(C)=O)[C@@H]2OC(C)=O)cc1. The lowest BCUT2D eigenvalue weighted by Gasteiger charge is -2.43. The normalized spacial score (nSPS) is 24.6. The summed E-state index contributed by atoms with van der Waals surface area (Å²) in [6, 6.07) is 6.46. The summed E-state index contributed by atoms with van der Waals surface area (Å²) < 4.78 is 37.8. The second kappa shape index (κ2) is 11.3. The van der Waals surface area contributed by atoms with Crippen molar-refractivity contribution >= 4 is 23.9 Å². The molecule has 0 radical (unpaired) electrons. The molecule has 0 amide bonds. The van der Waals surface area contributed by atoms with Gasteiger partial charge < -0.3 is 33.2 Å². The van der Waals surface area contributed by atoms with Crippen molar-refractivity contribution in [3.63, 3.8) is 0 Å². The number of benzene rings is 1. The molecule has 1 fully saturated rings. The van der Waals surface area contributed by atoms with Crippen molar-refractivity contribution < 1.29 is 52.3 Å². The molecule has 0 N–H and O–H groups in total. The van der Waals surface area contributed by atoms with Crippen LogP contribution in [0.5, 0.6) is 11.5 Å². The van der Waals surface area contributed by atoms with Crippen molar-refractivity contribution in [2.24, 2.45) is 0 Å². The molecule has 1 saturated heterocycles. The van der Waals surface area contributed by atoms with Crippen molar-refractivity contribution in [1.82, 2.24) is 0 Å². The Morgan fingerprint density at radius 3 is 1.75 bits per heavy atom. The Morgan fingerprint density at radius 1 is 0.750 bits per heavy atom. The van der Waals surface area contributed by atoms with Crippen LogP contribution in [0.1, 0.15) is 27.7 Å². The zero-order valence-corrected chi connectivity index (χ0v) is 18.4. The average Bonchev–Trinajstić information content (AvgIpc) is 2.70. The first-order valence-corrected chi connectivity index (χ1v) is 9.72. The van der Waals surface area contributed by atoms with Gasteiger partial charge in [0.15, 0.2) is 12.2 Å². The van der Waals surface area contributed by atoms with Crippen LogP contribution in [0.2, 0.25) is 0 Å². The van der Waals surface area contributed by atoms with Crippen molar-refractivity contribution in [3.05, 3.63) is 24.3 Å². The third kappa shape index (κ3) is 7.12. The number of hydrogen-bond acceptors (Lipinski definition) is 11. The van der Waals surface area contributed by atoms with Crippen LogP contribution in [-0.4, -0.2) is 68.3 Å². The maximum Gasteiger partial charge on any atom is 0.303 e. The van der Waals surface area contributed by atoms with E-state index in [4.69, 9.17) is 33.2 Å². The Hall–Kier alpha value is -3.34. The summed E-state index contributed by atoms with van der Waals surface area (Å²) >= 11 is 0. The highest BCUT2D eigenvalue weighted by Gasteiger charge is 2.53. The van der Waals surface area contributed by atoms with Crippen LogP contribution >= 0.6 is 0 Å². The molecule has 176 valence electrons. The van der Waals surface area contributed by atoms with Crippen molar-refractivity contribution in [2.75, 3.05) is 13.7 Å². The fraction of sp³-hybridized carbons (Fsp3) is 0.524. The number of methoxy groups -OCH3 is 1. The second-order valence-electron chi connectivity index (χ2n) is 6.86. The van der Waals surface area contributed by atoms with Gasteiger partial charge in [0.05, 0.1) is 7.11 Å². The molecule has 0 aliphatic carbocycles. The fourth-order valence-corrected chi connectivity index (χ4v) is 3.07. The van der Waals surface area contributed by atoms with Gasteiger partial charge in [-0.3, -0.25) is 19.2 Å². The van der Waals surface area contributed by atoms with Crippen LogP contribution in [0.15, 0.2) is 24.3 Å². The molecule has 5 atom stereocenters. The number of carbonyl (C=O) groups is 4. The fourth-order valence-electron chi connectivity index (χ4n) is 3.07. The van der Waals surface area contributed by atoms with E-state index in [9.17, 15) is 19.2 Å². The molecule has 0 aromatic heterocycles. The molecule has 11 nitrogen and oxygen atoms in total. The van der Waals surface area contributed by atoms with E-state index in [1.165, 1.54) is 14.0 Å². The summed E-state index contributed by atoms with van der Waals surface area (Å²) in [5, 5.41) is 0. The standard InChI is InChI=1S/C21H26O11/c1-11(22)27-10-17-18(28-12(2)23)19(29-13(3)24)20(30-14(4)25)21(32-17)31-16-8-6-15(26-5)7-9-16/h6-9,17-21H,10H2,1-5H3/t17-,18-,19+,20-,21+/m0/s1. The van der Waals surface area contributed by atoms with Gasteiger partial charge in [-0.1, -0.05) is 0 Å². The van der Waals surface area contributed by atoms with Gasteiger partial charge in [0.25, 0.3) is 0 Å². The van der Waals surface area contributed by atoms with Gasteiger partial charge in [-0.15, -0.1) is 0 Å². The monoisotopic (exact) mass is 454 g/mol. The van der Waals surface area contributed by atoms with E-state index in [0.717, 1.165) is 20.8 Å². The number of rotatable bonds is 8. The van der Waals surface area contributed by atoms with Gasteiger partial charge in [0.1, 0.15) is 24.2 Å². The molecular formula is C21H26O11. The van der Waals surface area contributed by atoms with Gasteiger partial charge in [0.2, 0.25) is 12.4 Å². The second-order valence-corrected chi connectivity index (χ2v) is 6.86. The van der Waals surface area contributed by atoms with E-state index in [1.54, 1.807) is 24.3 Å². The molecule has 2 rings (SSSR count). The maximum absolute atomic E-state index is 11.8. The number of esters is 4. The number of hydrogen-bond donors (Lipinski definition) is 0. The van der Waals surface area contributed by atoms with Gasteiger partial charge in [-0.2, -0.15) is 0 Å². The van der Waals surface area contributed by atoms with Gasteiger partial charge in [0, 0.05) is 27.7 Å². The zero-order chi connectivity index (χ0) is 23.8. The molecule has 0 unspecified atom stereocenters. The molecule has 1 heterocycles. The first-order valence-electron chi connectivity index (χ1n) is 9.72. The highest BCUT2D eigenvalue weighted by atomic mass is 16.7. The molecule has 11 heteroatoms. The van der Waals surface area contributed by atoms with E-state index < -0.39 is 54.6 Å². The maximum atomic E-state index is 11.8. The molecule has 1 aromatic rings. The van der Waals surface area contributed by atoms with Crippen molar-refractivity contribution in [2.45, 2.75) is 58.4 Å². The minimum atomic E-state index is -1.29. The number of ether oxygens (including phenoxy) is 7. The van der Waals surface area contributed by atoms with Crippen LogP contribution in [-0.2, 0) is 42.9 Å². The summed E-state index contributed by atoms with van der Waals surface area (Å²) in [7, 11) is 1.51. The molecule has 0 spiro atoms. The molecular weight excluding hydrogens is 428 g/mol. The zero-order valence-electron chi connectivity index (χ0n) is 18.4. The molecule has 1 aliphatic heterocycles. The topological polar surface area (TPSA) is 133 Å². The smallest absolute Gasteiger partial charge is 0.303 e. The third-order valence-corrected chi connectivity index (χ3v) is 4.26. The van der Waals surface area contributed by atoms with E-state index in [-0.39, 0.29) is 6.61 Å². The first kappa shape index (κ1) is 24.9. The quantitative estimate of drug-likeness (QED) is 0.414. The summed E-state index contributed by atoms with van der Waals surface area (Å²) in [5.74, 6) is -1.83. The van der Waals surface area contributed by atoms with Crippen molar-refractivity contribution in [1.29, 1.82) is 0 Å². The Balaban J connectivity index is 2.42. The number of carbonyl (C=O) groups excluding carboxylic acids is 4. The van der Waals surface area contributed by atoms with Gasteiger partial charge in [-0.05, 0) is 24.3 Å². The largest absolute Gasteiger partial charge is 0.497 e. The van der Waals surface area contributed by atoms with E-state index in [2.05, 4.69) is 0 Å². The Labute approximate surface area is 184 Å². The Kier molecular flexibility index (Phi) is 8.82. The summed E-state index contributed by atoms with van der Waals surface area (Å²) in [6.45, 7) is 4.31. The third-order valence-electron chi connectivity index (χ3n) is 4.26. The van der Waals surface area contributed by atoms with Crippen LogP contribution in [0.4, 0.5) is 0 Å². The Bertz CT molecular complexity index is 820. The average molecular weight is 454 g/mol. The molecule has 1 aromatic carbocycles. The lowest BCUT2D eigenvalue weighted by Crippen LogP contribution is -2.63. The van der Waals surface area contributed by atoms with Crippen LogP contribution in [0.25, 0.3) is 0 Å². The van der Waals surface area contributed by atoms with Crippen LogP contribution in [0, 0.1) is 0 Å². The molecule has 0 saturated carbocycles. The first-order chi connectivity index (χ1) is 15.1. The predicted octanol–water partition coefficient (Wildman–Crippen LogP) is 1.16. The van der Waals surface area contributed by atoms with Gasteiger partial charge >= 0.3 is 23.9 Å². The highest BCUT2D eigenvalue weighted by molar-refractivity contribution is 5.68. The molecule has 32 heavy (non-hydrogen) atoms. The van der Waals surface area contributed by atoms with Crippen LogP contribution < -0.4 is 9.47 Å². The molecule has 0 bridgehead atoms. The van der Waals surface area contributed by atoms with Crippen LogP contribution in [0.3, 0.4) is 0 Å². The van der Waals surface area contributed by atoms with Gasteiger partial charge in [-0.25, -0.2) is 0 Å². The minimum absolute atomic E-state index is 0.326. The Morgan fingerprint density at radius 2 is 1.25 bits per heavy atom. The molecule has 1 aliphatic rings. The summed E-state index contributed by atoms with van der Waals surface area (Å²) in [4.78, 5) is 46.6. The van der Waals surface area contributed by atoms with Crippen molar-refractivity contribution in [3.8, 4) is 11.5 Å². The lowest BCUT2D eigenvalue weighted by atomic mass is 9.98. The highest BCUT2D eigenvalue weighted by Crippen LogP contribution is 2.31. The van der Waals surface area contributed by atoms with E-state index in [0.29, 0.717) is 11.5 Å². The van der Waals surface area contributed by atoms with E-state index in [1.807, 2.05) is 0 Å². The van der Waals surface area contributed by atoms with E-state index >= 15 is 0 Å². The summed E-state index contributed by atoms with van der Waals surface area (Å²) in [6.07, 6.45) is -6.20. The minimum Gasteiger partial charge on any atom is -0.497 e. The predicted molar refractivity (Wildman–Crippen MR) is 106 cm³/mol. The lowest BCUT2D eigenvalue weighted by molar-refractivity contribution is -0.288. The summed E-state index contributed by atoms with van der Waals surface area (Å²) in [5.41, 5.74) is 0.